The highest BCUT2D eigenvalue weighted by atomic mass is 35.5. The van der Waals surface area contributed by atoms with Gasteiger partial charge in [-0.05, 0) is 19.4 Å². The van der Waals surface area contributed by atoms with Crippen LogP contribution in [0.1, 0.15) is 19.3 Å². The Bertz CT molecular complexity index is 237. The van der Waals surface area contributed by atoms with Gasteiger partial charge in [0.05, 0.1) is 11.9 Å². The molecule has 0 aromatic heterocycles. The van der Waals surface area contributed by atoms with Gasteiger partial charge in [0.15, 0.2) is 5.78 Å². The SMILES string of the molecule is NCCCCC(N[SH](=O)=O)C(=O)CCl. The molecule has 0 fully saturated rings. The fraction of sp³-hybridized carbons (Fsp3) is 0.857. The number of unbranched alkanes of at least 4 members (excludes halogenated alkanes) is 1. The van der Waals surface area contributed by atoms with Crippen LogP contribution >= 0.6 is 11.6 Å². The minimum atomic E-state index is -2.76. The molecule has 0 rings (SSSR count). The Kier molecular flexibility index (Phi) is 8.07. The Balaban J connectivity index is 4.03. The van der Waals surface area contributed by atoms with Crippen molar-refractivity contribution >= 4 is 28.3 Å². The zero-order valence-electron chi connectivity index (χ0n) is 7.74. The van der Waals surface area contributed by atoms with Gasteiger partial charge in [0.1, 0.15) is 0 Å². The summed E-state index contributed by atoms with van der Waals surface area (Å²) in [4.78, 5) is 11.1. The number of Topliss-reactive ketones (excluding diaryl/α,β-unsaturated/α-hetero) is 1. The lowest BCUT2D eigenvalue weighted by molar-refractivity contribution is -0.118. The number of alkyl halides is 1. The monoisotopic (exact) mass is 242 g/mol. The third-order valence-electron chi connectivity index (χ3n) is 1.73. The predicted octanol–water partition coefficient (Wildman–Crippen LogP) is -0.592. The topological polar surface area (TPSA) is 89.3 Å². The van der Waals surface area contributed by atoms with Crippen LogP contribution in [0, 0.1) is 0 Å². The van der Waals surface area contributed by atoms with Gasteiger partial charge in [0, 0.05) is 0 Å². The predicted molar refractivity (Wildman–Crippen MR) is 55.9 cm³/mol. The molecule has 0 spiro atoms. The maximum absolute atomic E-state index is 11.1. The largest absolute Gasteiger partial charge is 0.330 e. The maximum atomic E-state index is 11.1. The summed E-state index contributed by atoms with van der Waals surface area (Å²) in [6.07, 6.45) is 1.93. The second kappa shape index (κ2) is 8.16. The van der Waals surface area contributed by atoms with E-state index in [1.165, 1.54) is 0 Å². The van der Waals surface area contributed by atoms with Gasteiger partial charge < -0.3 is 5.73 Å². The Morgan fingerprint density at radius 1 is 1.43 bits per heavy atom. The van der Waals surface area contributed by atoms with Crippen LogP contribution in [-0.2, 0) is 15.7 Å². The van der Waals surface area contributed by atoms with E-state index in [1.54, 1.807) is 0 Å². The molecule has 0 bridgehead atoms. The number of nitrogens with two attached hydrogens (primary N) is 1. The number of thiol groups is 1. The smallest absolute Gasteiger partial charge is 0.202 e. The van der Waals surface area contributed by atoms with Crippen molar-refractivity contribution in [2.75, 3.05) is 12.4 Å². The van der Waals surface area contributed by atoms with Gasteiger partial charge in [-0.3, -0.25) is 4.79 Å². The number of rotatable bonds is 8. The standard InChI is InChI=1S/C7H15ClN2O3S/c8-5-7(11)6(10-14(12)13)3-1-2-4-9/h6,14H,1-5,9H2,(H,10,12,13). The number of ketones is 1. The Labute approximate surface area is 90.1 Å². The zero-order valence-corrected chi connectivity index (χ0v) is 9.39. The van der Waals surface area contributed by atoms with E-state index in [0.29, 0.717) is 19.4 Å². The first-order valence-electron chi connectivity index (χ1n) is 4.31. The molecule has 0 aliphatic heterocycles. The average molecular weight is 243 g/mol. The van der Waals surface area contributed by atoms with Crippen LogP contribution in [0.2, 0.25) is 0 Å². The number of carbonyl (C=O) groups is 1. The first-order valence-corrected chi connectivity index (χ1v) is 6.02. The summed E-state index contributed by atoms with van der Waals surface area (Å²) in [7, 11) is -2.76. The molecule has 1 unspecified atom stereocenters. The highest BCUT2D eigenvalue weighted by molar-refractivity contribution is 7.70. The fourth-order valence-corrected chi connectivity index (χ4v) is 1.72. The minimum Gasteiger partial charge on any atom is -0.330 e. The Morgan fingerprint density at radius 3 is 2.50 bits per heavy atom. The van der Waals surface area contributed by atoms with Gasteiger partial charge in [0.25, 0.3) is 0 Å². The van der Waals surface area contributed by atoms with E-state index >= 15 is 0 Å². The molecule has 0 aromatic carbocycles. The zero-order chi connectivity index (χ0) is 11.0. The minimum absolute atomic E-state index is 0.177. The van der Waals surface area contributed by atoms with Gasteiger partial charge in [-0.1, -0.05) is 6.42 Å². The molecule has 0 saturated carbocycles. The third kappa shape index (κ3) is 6.31. The summed E-state index contributed by atoms with van der Waals surface area (Å²) < 4.78 is 22.9. The van der Waals surface area contributed by atoms with E-state index in [1.807, 2.05) is 0 Å². The number of hydrogen-bond acceptors (Lipinski definition) is 4. The number of halogens is 1. The third-order valence-corrected chi connectivity index (χ3v) is 2.51. The second-order valence-electron chi connectivity index (χ2n) is 2.82. The first-order chi connectivity index (χ1) is 6.61. The summed E-state index contributed by atoms with van der Waals surface area (Å²) in [5.74, 6) is -0.480. The van der Waals surface area contributed by atoms with Crippen molar-refractivity contribution in [1.29, 1.82) is 0 Å². The molecule has 0 aliphatic rings. The van der Waals surface area contributed by atoms with Crippen molar-refractivity contribution < 1.29 is 13.2 Å². The van der Waals surface area contributed by atoms with Gasteiger partial charge in [-0.25, -0.2) is 13.1 Å². The van der Waals surface area contributed by atoms with Crippen LogP contribution in [0.25, 0.3) is 0 Å². The highest BCUT2D eigenvalue weighted by Gasteiger charge is 2.16. The van der Waals surface area contributed by atoms with Crippen LogP contribution in [0.15, 0.2) is 0 Å². The first kappa shape index (κ1) is 13.8. The normalized spacial score (nSPS) is 13.1. The highest BCUT2D eigenvalue weighted by Crippen LogP contribution is 2.02. The molecule has 3 N–H and O–H groups in total. The second-order valence-corrected chi connectivity index (χ2v) is 3.86. The van der Waals surface area contributed by atoms with E-state index in [9.17, 15) is 13.2 Å². The van der Waals surface area contributed by atoms with Gasteiger partial charge >= 0.3 is 0 Å². The molecule has 7 heteroatoms. The molecular weight excluding hydrogens is 228 g/mol. The Hall–Kier alpha value is -0.170. The van der Waals surface area contributed by atoms with Crippen molar-refractivity contribution in [1.82, 2.24) is 4.72 Å². The molecule has 0 saturated heterocycles. The van der Waals surface area contributed by atoms with E-state index in [4.69, 9.17) is 17.3 Å². The summed E-state index contributed by atoms with van der Waals surface area (Å²) in [5, 5.41) is 0. The molecule has 0 amide bonds. The molecule has 14 heavy (non-hydrogen) atoms. The molecular formula is C7H15ClN2O3S. The van der Waals surface area contributed by atoms with Gasteiger partial charge in [0.2, 0.25) is 10.9 Å². The van der Waals surface area contributed by atoms with Gasteiger partial charge in [-0.2, -0.15) is 0 Å². The molecule has 0 radical (unpaired) electrons. The van der Waals surface area contributed by atoms with Crippen LogP contribution in [-0.4, -0.2) is 32.7 Å². The summed E-state index contributed by atoms with van der Waals surface area (Å²) in [6, 6.07) is -0.694. The molecule has 0 heterocycles. The lowest BCUT2D eigenvalue weighted by Gasteiger charge is -2.11. The number of hydrogen-bond donors (Lipinski definition) is 3. The van der Waals surface area contributed by atoms with E-state index in [2.05, 4.69) is 4.72 Å². The van der Waals surface area contributed by atoms with Crippen LogP contribution < -0.4 is 10.5 Å². The van der Waals surface area contributed by atoms with Crippen molar-refractivity contribution in [3.8, 4) is 0 Å². The van der Waals surface area contributed by atoms with Crippen LogP contribution in [0.4, 0.5) is 0 Å². The summed E-state index contributed by atoms with van der Waals surface area (Å²) in [6.45, 7) is 0.533. The fourth-order valence-electron chi connectivity index (χ4n) is 1.01. The quantitative estimate of drug-likeness (QED) is 0.302. The molecule has 5 nitrogen and oxygen atoms in total. The van der Waals surface area contributed by atoms with Gasteiger partial charge in [-0.15, -0.1) is 11.6 Å². The van der Waals surface area contributed by atoms with Crippen LogP contribution in [0.3, 0.4) is 0 Å². The lowest BCUT2D eigenvalue weighted by atomic mass is 10.1. The summed E-state index contributed by atoms with van der Waals surface area (Å²) in [5.41, 5.74) is 5.27. The van der Waals surface area contributed by atoms with Crippen molar-refractivity contribution in [3.05, 3.63) is 0 Å². The molecule has 0 aromatic rings. The van der Waals surface area contributed by atoms with E-state index in [-0.39, 0.29) is 11.7 Å². The maximum Gasteiger partial charge on any atom is 0.202 e. The van der Waals surface area contributed by atoms with E-state index < -0.39 is 16.9 Å². The van der Waals surface area contributed by atoms with Crippen molar-refractivity contribution in [3.63, 3.8) is 0 Å². The lowest BCUT2D eigenvalue weighted by Crippen LogP contribution is -2.36. The van der Waals surface area contributed by atoms with Crippen LogP contribution in [0.5, 0.6) is 0 Å². The van der Waals surface area contributed by atoms with Crippen molar-refractivity contribution in [2.45, 2.75) is 25.3 Å². The Morgan fingerprint density at radius 2 is 2.07 bits per heavy atom. The van der Waals surface area contributed by atoms with Crippen molar-refractivity contribution in [2.24, 2.45) is 5.73 Å². The van der Waals surface area contributed by atoms with E-state index in [0.717, 1.165) is 6.42 Å². The molecule has 84 valence electrons. The number of nitrogens with one attached hydrogen (secondary N) is 1. The molecule has 1 atom stereocenters. The number of carbonyl (C=O) groups excluding carboxylic acids is 1. The summed E-state index contributed by atoms with van der Waals surface area (Å²) >= 11 is 5.33. The molecule has 0 aliphatic carbocycles. The average Bonchev–Trinajstić information content (AvgIpc) is 2.15.